The van der Waals surface area contributed by atoms with Crippen LogP contribution in [0.5, 0.6) is 17.2 Å². The van der Waals surface area contributed by atoms with Gasteiger partial charge in [-0.25, -0.2) is 4.79 Å². The number of esters is 1. The average molecular weight is 455 g/mol. The van der Waals surface area contributed by atoms with E-state index in [2.05, 4.69) is 0 Å². The first kappa shape index (κ1) is 22.9. The third-order valence-electron chi connectivity index (χ3n) is 5.37. The van der Waals surface area contributed by atoms with Crippen molar-refractivity contribution in [3.63, 3.8) is 0 Å². The SMILES string of the molecule is COc1cccc(OC)c1-c1ccc(C(=O)OCc2ccccc2)c(OCc2ccccc2)c1. The number of carbonyl (C=O) groups excluding carboxylic acids is 1. The smallest absolute Gasteiger partial charge is 0.342 e. The minimum absolute atomic E-state index is 0.180. The number of benzene rings is 4. The Morgan fingerprint density at radius 1 is 0.647 bits per heavy atom. The summed E-state index contributed by atoms with van der Waals surface area (Å²) in [7, 11) is 3.22. The predicted octanol–water partition coefficient (Wildman–Crippen LogP) is 6.31. The Kier molecular flexibility index (Phi) is 7.45. The van der Waals surface area contributed by atoms with E-state index in [0.717, 1.165) is 22.3 Å². The molecule has 34 heavy (non-hydrogen) atoms. The molecule has 0 aliphatic rings. The largest absolute Gasteiger partial charge is 0.496 e. The summed E-state index contributed by atoms with van der Waals surface area (Å²) in [5.74, 6) is 1.29. The monoisotopic (exact) mass is 454 g/mol. The molecule has 172 valence electrons. The van der Waals surface area contributed by atoms with E-state index in [1.807, 2.05) is 91.0 Å². The average Bonchev–Trinajstić information content (AvgIpc) is 2.91. The molecule has 0 fully saturated rings. The first-order chi connectivity index (χ1) is 16.7. The van der Waals surface area contributed by atoms with Crippen LogP contribution in [0, 0.1) is 0 Å². The summed E-state index contributed by atoms with van der Waals surface area (Å²) in [5.41, 5.74) is 3.84. The van der Waals surface area contributed by atoms with Gasteiger partial charge in [0, 0.05) is 0 Å². The third-order valence-corrected chi connectivity index (χ3v) is 5.37. The van der Waals surface area contributed by atoms with E-state index in [0.29, 0.717) is 29.4 Å². The maximum Gasteiger partial charge on any atom is 0.342 e. The number of carbonyl (C=O) groups is 1. The highest BCUT2D eigenvalue weighted by atomic mass is 16.5. The second-order valence-electron chi connectivity index (χ2n) is 7.58. The lowest BCUT2D eigenvalue weighted by atomic mass is 10.0. The van der Waals surface area contributed by atoms with Crippen molar-refractivity contribution in [1.82, 2.24) is 0 Å². The van der Waals surface area contributed by atoms with Crippen LogP contribution >= 0.6 is 0 Å². The highest BCUT2D eigenvalue weighted by Gasteiger charge is 2.19. The molecule has 4 aromatic rings. The number of hydrogen-bond acceptors (Lipinski definition) is 5. The number of hydrogen-bond donors (Lipinski definition) is 0. The third kappa shape index (κ3) is 5.38. The molecule has 0 aliphatic heterocycles. The van der Waals surface area contributed by atoms with Gasteiger partial charge in [-0.05, 0) is 41.0 Å². The molecule has 0 saturated heterocycles. The standard InChI is InChI=1S/C29H26O5/c1-31-25-14-9-15-26(32-2)28(25)23-16-17-24(29(30)34-20-22-12-7-4-8-13-22)27(18-23)33-19-21-10-5-3-6-11-21/h3-18H,19-20H2,1-2H3. The van der Waals surface area contributed by atoms with Crippen LogP contribution in [0.25, 0.3) is 11.1 Å². The molecule has 4 rings (SSSR count). The Balaban J connectivity index is 1.67. The lowest BCUT2D eigenvalue weighted by molar-refractivity contribution is 0.0467. The van der Waals surface area contributed by atoms with Gasteiger partial charge in [0.15, 0.2) is 0 Å². The second kappa shape index (κ2) is 11.1. The fourth-order valence-corrected chi connectivity index (χ4v) is 3.64. The lowest BCUT2D eigenvalue weighted by Crippen LogP contribution is -2.09. The van der Waals surface area contributed by atoms with Crippen molar-refractivity contribution in [3.05, 3.63) is 114 Å². The van der Waals surface area contributed by atoms with Crippen LogP contribution in [0.15, 0.2) is 97.1 Å². The van der Waals surface area contributed by atoms with Gasteiger partial charge in [-0.1, -0.05) is 72.8 Å². The van der Waals surface area contributed by atoms with Crippen LogP contribution in [-0.2, 0) is 18.0 Å². The molecule has 5 nitrogen and oxygen atoms in total. The van der Waals surface area contributed by atoms with Crippen LogP contribution in [0.3, 0.4) is 0 Å². The maximum atomic E-state index is 13.0. The van der Waals surface area contributed by atoms with Crippen molar-refractivity contribution in [3.8, 4) is 28.4 Å². The van der Waals surface area contributed by atoms with Crippen LogP contribution in [0.4, 0.5) is 0 Å². The molecule has 0 amide bonds. The summed E-state index contributed by atoms with van der Waals surface area (Å²) < 4.78 is 22.8. The summed E-state index contributed by atoms with van der Waals surface area (Å²) in [6.45, 7) is 0.492. The minimum Gasteiger partial charge on any atom is -0.496 e. The fourth-order valence-electron chi connectivity index (χ4n) is 3.64. The molecule has 4 aromatic carbocycles. The zero-order chi connectivity index (χ0) is 23.8. The molecule has 0 saturated carbocycles. The van der Waals surface area contributed by atoms with Crippen LogP contribution in [0.2, 0.25) is 0 Å². The number of rotatable bonds is 9. The van der Waals surface area contributed by atoms with Gasteiger partial charge in [0.1, 0.15) is 36.0 Å². The summed E-state index contributed by atoms with van der Waals surface area (Å²) >= 11 is 0. The van der Waals surface area contributed by atoms with Gasteiger partial charge in [0.2, 0.25) is 0 Å². The van der Waals surface area contributed by atoms with Crippen molar-refractivity contribution in [1.29, 1.82) is 0 Å². The molecule has 0 N–H and O–H groups in total. The van der Waals surface area contributed by atoms with Crippen molar-refractivity contribution in [2.75, 3.05) is 14.2 Å². The molecule has 0 bridgehead atoms. The highest BCUT2D eigenvalue weighted by molar-refractivity contribution is 5.94. The Hall–Kier alpha value is -4.25. The zero-order valence-corrected chi connectivity index (χ0v) is 19.2. The Bertz CT molecular complexity index is 1210. The Labute approximate surface area is 199 Å². The van der Waals surface area contributed by atoms with Crippen LogP contribution in [-0.4, -0.2) is 20.2 Å². The molecule has 0 heterocycles. The van der Waals surface area contributed by atoms with Gasteiger partial charge in [-0.3, -0.25) is 0 Å². The molecular weight excluding hydrogens is 428 g/mol. The molecular formula is C29H26O5. The van der Waals surface area contributed by atoms with Gasteiger partial charge in [0.25, 0.3) is 0 Å². The maximum absolute atomic E-state index is 13.0. The first-order valence-corrected chi connectivity index (χ1v) is 10.9. The number of ether oxygens (including phenoxy) is 4. The summed E-state index contributed by atoms with van der Waals surface area (Å²) in [6.07, 6.45) is 0. The molecule has 5 heteroatoms. The van der Waals surface area contributed by atoms with Crippen LogP contribution in [0.1, 0.15) is 21.5 Å². The Morgan fingerprint density at radius 3 is 1.82 bits per heavy atom. The van der Waals surface area contributed by atoms with E-state index >= 15 is 0 Å². The van der Waals surface area contributed by atoms with Crippen molar-refractivity contribution in [2.24, 2.45) is 0 Å². The van der Waals surface area contributed by atoms with Crippen molar-refractivity contribution in [2.45, 2.75) is 13.2 Å². The van der Waals surface area contributed by atoms with E-state index in [1.165, 1.54) is 0 Å². The minimum atomic E-state index is -0.453. The summed E-state index contributed by atoms with van der Waals surface area (Å²) in [5, 5.41) is 0. The van der Waals surface area contributed by atoms with Gasteiger partial charge in [-0.15, -0.1) is 0 Å². The van der Waals surface area contributed by atoms with Gasteiger partial charge < -0.3 is 18.9 Å². The molecule has 0 spiro atoms. The molecule has 0 unspecified atom stereocenters. The fraction of sp³-hybridized carbons (Fsp3) is 0.138. The first-order valence-electron chi connectivity index (χ1n) is 10.9. The highest BCUT2D eigenvalue weighted by Crippen LogP contribution is 2.40. The predicted molar refractivity (Wildman–Crippen MR) is 131 cm³/mol. The quantitative estimate of drug-likeness (QED) is 0.278. The summed E-state index contributed by atoms with van der Waals surface area (Å²) in [4.78, 5) is 13.0. The zero-order valence-electron chi connectivity index (χ0n) is 19.2. The van der Waals surface area contributed by atoms with E-state index in [4.69, 9.17) is 18.9 Å². The van der Waals surface area contributed by atoms with Crippen LogP contribution < -0.4 is 14.2 Å². The van der Waals surface area contributed by atoms with Crippen molar-refractivity contribution < 1.29 is 23.7 Å². The Morgan fingerprint density at radius 2 is 1.24 bits per heavy atom. The van der Waals surface area contributed by atoms with Crippen molar-refractivity contribution >= 4 is 5.97 Å². The van der Waals surface area contributed by atoms with E-state index < -0.39 is 5.97 Å². The summed E-state index contributed by atoms with van der Waals surface area (Å²) in [6, 6.07) is 30.3. The van der Waals surface area contributed by atoms with Gasteiger partial charge in [-0.2, -0.15) is 0 Å². The molecule has 0 radical (unpaired) electrons. The van der Waals surface area contributed by atoms with E-state index in [9.17, 15) is 4.79 Å². The number of methoxy groups -OCH3 is 2. The van der Waals surface area contributed by atoms with Gasteiger partial charge in [0.05, 0.1) is 19.8 Å². The van der Waals surface area contributed by atoms with E-state index in [1.54, 1.807) is 20.3 Å². The second-order valence-corrected chi connectivity index (χ2v) is 7.58. The molecule has 0 aromatic heterocycles. The normalized spacial score (nSPS) is 10.4. The topological polar surface area (TPSA) is 54.0 Å². The lowest BCUT2D eigenvalue weighted by Gasteiger charge is -2.16. The van der Waals surface area contributed by atoms with Gasteiger partial charge >= 0.3 is 5.97 Å². The molecule has 0 aliphatic carbocycles. The molecule has 0 atom stereocenters. The van der Waals surface area contributed by atoms with E-state index in [-0.39, 0.29) is 6.61 Å².